The van der Waals surface area contributed by atoms with Crippen LogP contribution in [0.25, 0.3) is 16.9 Å². The second-order valence-corrected chi connectivity index (χ2v) is 12.4. The molecule has 2 N–H and O–H groups in total. The Labute approximate surface area is 249 Å². The molecule has 0 bridgehead atoms. The fraction of sp³-hybridized carbons (Fsp3) is 0.345. The summed E-state index contributed by atoms with van der Waals surface area (Å²) < 4.78 is 22.3. The molecule has 1 aliphatic rings. The van der Waals surface area contributed by atoms with Gasteiger partial charge in [-0.2, -0.15) is 9.47 Å². The molecule has 2 atom stereocenters. The van der Waals surface area contributed by atoms with E-state index in [0.717, 1.165) is 46.5 Å². The Bertz CT molecular complexity index is 1730. The van der Waals surface area contributed by atoms with Crippen molar-refractivity contribution in [3.8, 4) is 11.3 Å². The number of aryl methyl sites for hydroxylation is 1. The van der Waals surface area contributed by atoms with Crippen molar-refractivity contribution in [2.45, 2.75) is 39.7 Å². The molecular weight excluding hydrogens is 572 g/mol. The lowest BCUT2D eigenvalue weighted by atomic mass is 10.0. The molecule has 1 saturated heterocycles. The molecule has 5 aromatic rings. The lowest BCUT2D eigenvalue weighted by Crippen LogP contribution is -2.35. The number of imidazole rings is 1. The normalized spacial score (nSPS) is 15.8. The van der Waals surface area contributed by atoms with Crippen molar-refractivity contribution in [2.75, 3.05) is 30.3 Å². The zero-order valence-corrected chi connectivity index (χ0v) is 25.5. The highest BCUT2D eigenvalue weighted by Gasteiger charge is 2.18. The van der Waals surface area contributed by atoms with E-state index in [1.807, 2.05) is 17.5 Å². The van der Waals surface area contributed by atoms with Crippen LogP contribution in [0.15, 0.2) is 49.1 Å². The Kier molecular flexibility index (Phi) is 8.28. The lowest BCUT2D eigenvalue weighted by Gasteiger charge is -2.30. The SMILES string of the molecule is Cc1cn2c(-c3cnn(CC(=O)Nc4ccc(P)cc4F)c3)cnc2c(Nc2cc(CCN3CCCC(C)C3)ns2)n1. The first-order valence-corrected chi connectivity index (χ1v) is 15.3. The molecule has 0 saturated carbocycles. The van der Waals surface area contributed by atoms with Gasteiger partial charge in [0, 0.05) is 37.5 Å². The van der Waals surface area contributed by atoms with Gasteiger partial charge in [-0.15, -0.1) is 9.24 Å². The number of halogens is 1. The van der Waals surface area contributed by atoms with Crippen molar-refractivity contribution in [3.05, 3.63) is 66.3 Å². The van der Waals surface area contributed by atoms with Crippen LogP contribution in [0.4, 0.5) is 20.9 Å². The number of fused-ring (bicyclic) bond motifs is 1. The third-order valence-corrected chi connectivity index (χ3v) is 8.44. The van der Waals surface area contributed by atoms with Crippen molar-refractivity contribution in [1.29, 1.82) is 0 Å². The maximum Gasteiger partial charge on any atom is 0.246 e. The Hall–Kier alpha value is -3.73. The van der Waals surface area contributed by atoms with Gasteiger partial charge in [-0.05, 0) is 67.3 Å². The highest BCUT2D eigenvalue weighted by atomic mass is 32.1. The quantitative estimate of drug-likeness (QED) is 0.236. The van der Waals surface area contributed by atoms with Crippen molar-refractivity contribution >= 4 is 54.1 Å². The predicted octanol–water partition coefficient (Wildman–Crippen LogP) is 4.65. The fourth-order valence-corrected chi connectivity index (χ4v) is 6.26. The van der Waals surface area contributed by atoms with Gasteiger partial charge in [0.1, 0.15) is 17.4 Å². The summed E-state index contributed by atoms with van der Waals surface area (Å²) in [5, 5.41) is 12.0. The number of anilines is 3. The minimum Gasteiger partial charge on any atom is -0.328 e. The van der Waals surface area contributed by atoms with E-state index in [2.05, 4.69) is 52.2 Å². The fourth-order valence-electron chi connectivity index (χ4n) is 5.33. The number of aromatic nitrogens is 6. The van der Waals surface area contributed by atoms with Gasteiger partial charge >= 0.3 is 0 Å². The molecule has 1 aliphatic heterocycles. The largest absolute Gasteiger partial charge is 0.328 e. The van der Waals surface area contributed by atoms with Gasteiger partial charge in [0.2, 0.25) is 5.91 Å². The van der Waals surface area contributed by atoms with Crippen molar-refractivity contribution in [1.82, 2.24) is 33.4 Å². The number of hydrogen-bond donors (Lipinski definition) is 2. The predicted molar refractivity (Wildman–Crippen MR) is 167 cm³/mol. The number of benzene rings is 1. The van der Waals surface area contributed by atoms with E-state index in [1.165, 1.54) is 54.3 Å². The Morgan fingerprint density at radius 2 is 2.12 bits per heavy atom. The van der Waals surface area contributed by atoms with E-state index < -0.39 is 5.82 Å². The number of nitrogens with zero attached hydrogens (tertiary/aromatic N) is 7. The minimum absolute atomic E-state index is 0.0588. The molecule has 5 heterocycles. The number of amides is 1. The molecule has 6 rings (SSSR count). The second kappa shape index (κ2) is 12.2. The van der Waals surface area contributed by atoms with Gasteiger partial charge in [0.25, 0.3) is 0 Å². The molecule has 42 heavy (non-hydrogen) atoms. The number of piperidine rings is 1. The zero-order valence-electron chi connectivity index (χ0n) is 23.5. The van der Waals surface area contributed by atoms with Gasteiger partial charge in [-0.25, -0.2) is 14.4 Å². The molecule has 0 radical (unpaired) electrons. The van der Waals surface area contributed by atoms with E-state index >= 15 is 0 Å². The third-order valence-electron chi connectivity index (χ3n) is 7.34. The number of carbonyl (C=O) groups is 1. The first kappa shape index (κ1) is 28.4. The summed E-state index contributed by atoms with van der Waals surface area (Å²) in [5.74, 6) is 0.549. The van der Waals surface area contributed by atoms with E-state index in [4.69, 9.17) is 4.98 Å². The molecule has 13 heteroatoms. The summed E-state index contributed by atoms with van der Waals surface area (Å²) >= 11 is 1.43. The summed E-state index contributed by atoms with van der Waals surface area (Å²) in [7, 11) is 2.43. The van der Waals surface area contributed by atoms with Gasteiger partial charge in [-0.1, -0.05) is 13.0 Å². The van der Waals surface area contributed by atoms with Crippen LogP contribution in [-0.4, -0.2) is 59.0 Å². The van der Waals surface area contributed by atoms with Crippen LogP contribution in [0.5, 0.6) is 0 Å². The lowest BCUT2D eigenvalue weighted by molar-refractivity contribution is -0.116. The van der Waals surface area contributed by atoms with Crippen LogP contribution in [0.1, 0.15) is 31.2 Å². The number of carbonyl (C=O) groups excluding carboxylic acids is 1. The van der Waals surface area contributed by atoms with Gasteiger partial charge < -0.3 is 15.5 Å². The second-order valence-electron chi connectivity index (χ2n) is 10.9. The Morgan fingerprint density at radius 1 is 1.24 bits per heavy atom. The molecule has 1 aromatic carbocycles. The zero-order chi connectivity index (χ0) is 29.2. The Balaban J connectivity index is 1.14. The summed E-state index contributed by atoms with van der Waals surface area (Å²) in [6, 6.07) is 6.69. The average molecular weight is 606 g/mol. The van der Waals surface area contributed by atoms with E-state index in [1.54, 1.807) is 24.7 Å². The highest BCUT2D eigenvalue weighted by Crippen LogP contribution is 2.28. The highest BCUT2D eigenvalue weighted by molar-refractivity contribution is 7.27. The first-order valence-electron chi connectivity index (χ1n) is 14.0. The maximum atomic E-state index is 14.1. The number of nitrogens with one attached hydrogen (secondary N) is 2. The minimum atomic E-state index is -0.488. The number of hydrogen-bond acceptors (Lipinski definition) is 8. The summed E-state index contributed by atoms with van der Waals surface area (Å²) in [6.45, 7) is 7.57. The van der Waals surface area contributed by atoms with Crippen molar-refractivity contribution in [3.63, 3.8) is 0 Å². The van der Waals surface area contributed by atoms with Crippen LogP contribution in [0, 0.1) is 18.7 Å². The molecule has 0 aliphatic carbocycles. The van der Waals surface area contributed by atoms with Crippen molar-refractivity contribution < 1.29 is 9.18 Å². The van der Waals surface area contributed by atoms with Crippen LogP contribution in [-0.2, 0) is 17.8 Å². The molecule has 10 nitrogen and oxygen atoms in total. The molecule has 1 amide bonds. The monoisotopic (exact) mass is 605 g/mol. The van der Waals surface area contributed by atoms with Crippen LogP contribution in [0.3, 0.4) is 0 Å². The molecule has 1 fully saturated rings. The van der Waals surface area contributed by atoms with Crippen LogP contribution >= 0.6 is 20.8 Å². The summed E-state index contributed by atoms with van der Waals surface area (Å²) in [4.78, 5) is 24.4. The number of rotatable bonds is 9. The molecular formula is C29H33FN9OPS. The Morgan fingerprint density at radius 3 is 2.95 bits per heavy atom. The summed E-state index contributed by atoms with van der Waals surface area (Å²) in [6.07, 6.45) is 10.7. The van der Waals surface area contributed by atoms with Gasteiger partial charge in [0.15, 0.2) is 11.5 Å². The van der Waals surface area contributed by atoms with Gasteiger partial charge in [0.05, 0.1) is 35.2 Å². The average Bonchev–Trinajstić information content (AvgIpc) is 3.69. The smallest absolute Gasteiger partial charge is 0.246 e. The number of likely N-dealkylation sites (tertiary alicyclic amines) is 1. The molecule has 4 aromatic heterocycles. The third kappa shape index (κ3) is 6.51. The van der Waals surface area contributed by atoms with Crippen LogP contribution in [0.2, 0.25) is 0 Å². The standard InChI is InChI=1S/C29H33FN9OPS/c1-18-4-3-8-37(14-18)9-7-21-10-27(42-36-21)35-28-29-31-13-25(39(29)15-19(2)33-28)20-12-32-38(16-20)17-26(40)34-24-6-5-22(41)11-23(24)30/h5-6,10-13,15-16,18H,3-4,7-9,14,17,41H2,1-2H3,(H,33,35)(H,34,40). The summed E-state index contributed by atoms with van der Waals surface area (Å²) in [5.41, 5.74) is 4.30. The molecule has 2 unspecified atom stereocenters. The van der Waals surface area contributed by atoms with Gasteiger partial charge in [-0.3, -0.25) is 13.9 Å². The topological polar surface area (TPSA) is 105 Å². The van der Waals surface area contributed by atoms with E-state index in [-0.39, 0.29) is 18.1 Å². The van der Waals surface area contributed by atoms with E-state index in [0.29, 0.717) is 16.8 Å². The molecule has 218 valence electrons. The van der Waals surface area contributed by atoms with Crippen molar-refractivity contribution in [2.24, 2.45) is 5.92 Å². The van der Waals surface area contributed by atoms with Crippen LogP contribution < -0.4 is 15.9 Å². The molecule has 0 spiro atoms. The van der Waals surface area contributed by atoms with E-state index in [9.17, 15) is 9.18 Å². The first-order chi connectivity index (χ1) is 20.3. The maximum absolute atomic E-state index is 14.1.